The van der Waals surface area contributed by atoms with Gasteiger partial charge in [0.25, 0.3) is 0 Å². The first-order valence-electron chi connectivity index (χ1n) is 7.91. The minimum atomic E-state index is 0.253. The summed E-state index contributed by atoms with van der Waals surface area (Å²) in [5.41, 5.74) is 6.00. The molecule has 0 saturated heterocycles. The number of aromatic nitrogens is 4. The molecule has 0 fully saturated rings. The molecule has 0 radical (unpaired) electrons. The lowest BCUT2D eigenvalue weighted by atomic mass is 10.1. The number of rotatable bonds is 4. The molecule has 0 saturated carbocycles. The zero-order valence-corrected chi connectivity index (χ0v) is 13.6. The molecule has 0 aliphatic heterocycles. The Labute approximate surface area is 144 Å². The fraction of sp³-hybridized carbons (Fsp3) is 0.0526. The Hall–Kier alpha value is -3.54. The molecule has 0 aliphatic carbocycles. The van der Waals surface area contributed by atoms with E-state index in [4.69, 9.17) is 0 Å². The summed E-state index contributed by atoms with van der Waals surface area (Å²) in [4.78, 5) is 0. The predicted octanol–water partition coefficient (Wildman–Crippen LogP) is 4.22. The van der Waals surface area contributed by atoms with Crippen molar-refractivity contribution in [3.8, 4) is 28.1 Å². The molecular formula is C19H17N5O. The molecule has 0 unspecified atom stereocenters. The standard InChI is InChI=1S/C19H17N5O/c1-12-8-16(25)6-7-17(12)22-19-9-18(23-24-19)14-4-2-13(3-5-14)15-10-20-21-11-15/h2-11,25H,1H3,(H,20,21)(H2,22,23,24). The lowest BCUT2D eigenvalue weighted by Gasteiger charge is -2.06. The second-order valence-corrected chi connectivity index (χ2v) is 5.86. The number of anilines is 2. The Balaban J connectivity index is 1.54. The summed E-state index contributed by atoms with van der Waals surface area (Å²) in [6.07, 6.45) is 3.67. The van der Waals surface area contributed by atoms with Gasteiger partial charge >= 0.3 is 0 Å². The number of nitrogens with zero attached hydrogens (tertiary/aromatic N) is 2. The van der Waals surface area contributed by atoms with Crippen LogP contribution in [-0.2, 0) is 0 Å². The van der Waals surface area contributed by atoms with Crippen molar-refractivity contribution in [1.82, 2.24) is 20.4 Å². The van der Waals surface area contributed by atoms with Gasteiger partial charge in [-0.2, -0.15) is 10.2 Å². The van der Waals surface area contributed by atoms with E-state index in [9.17, 15) is 5.11 Å². The summed E-state index contributed by atoms with van der Waals surface area (Å²) in [5, 5.41) is 26.9. The van der Waals surface area contributed by atoms with Crippen molar-refractivity contribution in [2.75, 3.05) is 5.32 Å². The molecule has 0 bridgehead atoms. The molecule has 25 heavy (non-hydrogen) atoms. The zero-order chi connectivity index (χ0) is 17.2. The van der Waals surface area contributed by atoms with Crippen LogP contribution < -0.4 is 5.32 Å². The van der Waals surface area contributed by atoms with E-state index in [2.05, 4.69) is 37.8 Å². The monoisotopic (exact) mass is 331 g/mol. The van der Waals surface area contributed by atoms with Crippen molar-refractivity contribution < 1.29 is 5.11 Å². The van der Waals surface area contributed by atoms with Crippen molar-refractivity contribution in [2.45, 2.75) is 6.92 Å². The summed E-state index contributed by atoms with van der Waals surface area (Å²) < 4.78 is 0. The summed E-state index contributed by atoms with van der Waals surface area (Å²) in [6, 6.07) is 15.4. The molecule has 2 heterocycles. The van der Waals surface area contributed by atoms with E-state index in [1.54, 1.807) is 18.3 Å². The van der Waals surface area contributed by atoms with Gasteiger partial charge < -0.3 is 10.4 Å². The molecule has 6 heteroatoms. The molecule has 0 aliphatic rings. The van der Waals surface area contributed by atoms with Gasteiger partial charge in [-0.3, -0.25) is 10.2 Å². The van der Waals surface area contributed by atoms with Crippen LogP contribution in [0.3, 0.4) is 0 Å². The number of phenolic OH excluding ortho intramolecular Hbond substituents is 1. The third kappa shape index (κ3) is 3.10. The number of hydrogen-bond donors (Lipinski definition) is 4. The molecular weight excluding hydrogens is 314 g/mol. The van der Waals surface area contributed by atoms with Crippen LogP contribution in [0.15, 0.2) is 60.9 Å². The van der Waals surface area contributed by atoms with Gasteiger partial charge in [-0.15, -0.1) is 0 Å². The quantitative estimate of drug-likeness (QED) is 0.421. The molecule has 4 N–H and O–H groups in total. The Kier molecular flexibility index (Phi) is 3.70. The maximum atomic E-state index is 9.49. The predicted molar refractivity (Wildman–Crippen MR) is 97.7 cm³/mol. The number of benzene rings is 2. The third-order valence-corrected chi connectivity index (χ3v) is 4.08. The van der Waals surface area contributed by atoms with Gasteiger partial charge in [-0.1, -0.05) is 24.3 Å². The highest BCUT2D eigenvalue weighted by molar-refractivity contribution is 5.71. The van der Waals surface area contributed by atoms with Gasteiger partial charge in [0.2, 0.25) is 0 Å². The van der Waals surface area contributed by atoms with Crippen LogP contribution in [0.4, 0.5) is 11.5 Å². The fourth-order valence-corrected chi connectivity index (χ4v) is 2.71. The van der Waals surface area contributed by atoms with Crippen LogP contribution in [0, 0.1) is 6.92 Å². The smallest absolute Gasteiger partial charge is 0.152 e. The normalized spacial score (nSPS) is 10.8. The number of nitrogens with one attached hydrogen (secondary N) is 3. The van der Waals surface area contributed by atoms with Gasteiger partial charge in [0.1, 0.15) is 5.75 Å². The molecule has 0 spiro atoms. The summed E-state index contributed by atoms with van der Waals surface area (Å²) in [6.45, 7) is 1.93. The zero-order valence-electron chi connectivity index (χ0n) is 13.6. The third-order valence-electron chi connectivity index (χ3n) is 4.08. The van der Waals surface area contributed by atoms with Crippen LogP contribution in [0.2, 0.25) is 0 Å². The number of H-pyrrole nitrogens is 2. The molecule has 4 rings (SSSR count). The fourth-order valence-electron chi connectivity index (χ4n) is 2.71. The Morgan fingerprint density at radius 3 is 2.48 bits per heavy atom. The van der Waals surface area contributed by atoms with Crippen LogP contribution >= 0.6 is 0 Å². The van der Waals surface area contributed by atoms with E-state index in [1.165, 1.54) is 0 Å². The molecule has 6 nitrogen and oxygen atoms in total. The second-order valence-electron chi connectivity index (χ2n) is 5.86. The summed E-state index contributed by atoms with van der Waals surface area (Å²) in [5.74, 6) is 0.978. The molecule has 4 aromatic rings. The molecule has 2 aromatic heterocycles. The van der Waals surface area contributed by atoms with Crippen LogP contribution in [0.5, 0.6) is 5.75 Å². The number of aromatic amines is 2. The van der Waals surface area contributed by atoms with Crippen LogP contribution in [-0.4, -0.2) is 25.5 Å². The number of aryl methyl sites for hydroxylation is 1. The first-order valence-corrected chi connectivity index (χ1v) is 7.91. The maximum Gasteiger partial charge on any atom is 0.152 e. The number of phenols is 1. The van der Waals surface area contributed by atoms with Crippen molar-refractivity contribution in [2.24, 2.45) is 0 Å². The number of hydrogen-bond acceptors (Lipinski definition) is 4. The largest absolute Gasteiger partial charge is 0.508 e. The van der Waals surface area contributed by atoms with E-state index in [1.807, 2.05) is 37.4 Å². The van der Waals surface area contributed by atoms with E-state index in [0.29, 0.717) is 0 Å². The van der Waals surface area contributed by atoms with E-state index < -0.39 is 0 Å². The Morgan fingerprint density at radius 2 is 1.76 bits per heavy atom. The summed E-state index contributed by atoms with van der Waals surface area (Å²) >= 11 is 0. The SMILES string of the molecule is Cc1cc(O)ccc1Nc1cc(-c2ccc(-c3cn[nH]c3)cc2)[nH]n1. The topological polar surface area (TPSA) is 89.6 Å². The Morgan fingerprint density at radius 1 is 0.960 bits per heavy atom. The van der Waals surface area contributed by atoms with Crippen molar-refractivity contribution >= 4 is 11.5 Å². The van der Waals surface area contributed by atoms with Crippen molar-refractivity contribution in [3.05, 3.63) is 66.5 Å². The lowest BCUT2D eigenvalue weighted by molar-refractivity contribution is 0.475. The van der Waals surface area contributed by atoms with Crippen molar-refractivity contribution in [1.29, 1.82) is 0 Å². The first kappa shape index (κ1) is 15.0. The van der Waals surface area contributed by atoms with Gasteiger partial charge in [-0.05, 0) is 41.8 Å². The van der Waals surface area contributed by atoms with E-state index in [-0.39, 0.29) is 5.75 Å². The van der Waals surface area contributed by atoms with Gasteiger partial charge in [0, 0.05) is 23.5 Å². The van der Waals surface area contributed by atoms with Gasteiger partial charge in [0.05, 0.1) is 11.9 Å². The lowest BCUT2D eigenvalue weighted by Crippen LogP contribution is -1.92. The minimum Gasteiger partial charge on any atom is -0.508 e. The molecule has 0 atom stereocenters. The maximum absolute atomic E-state index is 9.49. The molecule has 0 amide bonds. The average Bonchev–Trinajstić information content (AvgIpc) is 3.30. The van der Waals surface area contributed by atoms with Crippen LogP contribution in [0.1, 0.15) is 5.56 Å². The average molecular weight is 331 g/mol. The number of aromatic hydroxyl groups is 1. The summed E-state index contributed by atoms with van der Waals surface area (Å²) in [7, 11) is 0. The molecule has 2 aromatic carbocycles. The highest BCUT2D eigenvalue weighted by atomic mass is 16.3. The van der Waals surface area contributed by atoms with Gasteiger partial charge in [0.15, 0.2) is 5.82 Å². The minimum absolute atomic E-state index is 0.253. The van der Waals surface area contributed by atoms with E-state index >= 15 is 0 Å². The highest BCUT2D eigenvalue weighted by Crippen LogP contribution is 2.27. The van der Waals surface area contributed by atoms with Gasteiger partial charge in [-0.25, -0.2) is 0 Å². The van der Waals surface area contributed by atoms with Crippen molar-refractivity contribution in [3.63, 3.8) is 0 Å². The Bertz CT molecular complexity index is 987. The van der Waals surface area contributed by atoms with E-state index in [0.717, 1.165) is 39.5 Å². The highest BCUT2D eigenvalue weighted by Gasteiger charge is 2.07. The molecule has 124 valence electrons. The second kappa shape index (κ2) is 6.16. The first-order chi connectivity index (χ1) is 12.2. The van der Waals surface area contributed by atoms with Crippen LogP contribution in [0.25, 0.3) is 22.4 Å².